The minimum Gasteiger partial charge on any atom is -0.385 e. The van der Waals surface area contributed by atoms with Gasteiger partial charge in [-0.25, -0.2) is 9.98 Å². The van der Waals surface area contributed by atoms with Crippen molar-refractivity contribution in [1.82, 2.24) is 0 Å². The number of rotatable bonds is 6. The molecule has 2 atom stereocenters. The predicted molar refractivity (Wildman–Crippen MR) is 86.9 cm³/mol. The molecule has 0 heterocycles. The average molecular weight is 323 g/mol. The highest BCUT2D eigenvalue weighted by Gasteiger charge is 2.27. The van der Waals surface area contributed by atoms with Gasteiger partial charge in [-0.2, -0.15) is 10.2 Å². The van der Waals surface area contributed by atoms with Crippen LogP contribution in [0.25, 0.3) is 0 Å². The molecule has 124 valence electrons. The molecule has 0 rings (SSSR count). The Morgan fingerprint density at radius 1 is 0.810 bits per heavy atom. The summed E-state index contributed by atoms with van der Waals surface area (Å²) in [5.74, 6) is 0.330. The number of azo groups is 1. The molecule has 0 aliphatic heterocycles. The first kappa shape index (κ1) is 22.0. The SMILES string of the molecule is CC(O)N=C(N)C(C)(C)N=NC(C)(C)C(N)=NC(C)O.Cl. The van der Waals surface area contributed by atoms with Crippen LogP contribution < -0.4 is 11.5 Å². The van der Waals surface area contributed by atoms with Gasteiger partial charge >= 0.3 is 0 Å². The van der Waals surface area contributed by atoms with Gasteiger partial charge in [0.25, 0.3) is 0 Å². The maximum Gasteiger partial charge on any atom is 0.144 e. The smallest absolute Gasteiger partial charge is 0.144 e. The summed E-state index contributed by atoms with van der Waals surface area (Å²) in [6, 6.07) is 0. The minimum atomic E-state index is -0.903. The first-order chi connectivity index (χ1) is 8.88. The van der Waals surface area contributed by atoms with Crippen LogP contribution in [0.4, 0.5) is 0 Å². The minimum absolute atomic E-state index is 0. The number of halogens is 1. The van der Waals surface area contributed by atoms with Gasteiger partial charge < -0.3 is 21.7 Å². The van der Waals surface area contributed by atoms with E-state index in [2.05, 4.69) is 20.2 Å². The quantitative estimate of drug-likeness (QED) is 0.326. The van der Waals surface area contributed by atoms with Gasteiger partial charge in [0.05, 0.1) is 0 Å². The van der Waals surface area contributed by atoms with Crippen molar-refractivity contribution in [3.05, 3.63) is 0 Å². The lowest BCUT2D eigenvalue weighted by Crippen LogP contribution is -2.40. The Bertz CT molecular complexity index is 378. The van der Waals surface area contributed by atoms with E-state index in [0.29, 0.717) is 0 Å². The van der Waals surface area contributed by atoms with E-state index in [9.17, 15) is 10.2 Å². The Morgan fingerprint density at radius 2 is 1.05 bits per heavy atom. The maximum absolute atomic E-state index is 9.19. The highest BCUT2D eigenvalue weighted by molar-refractivity contribution is 5.90. The molecule has 8 nitrogen and oxygen atoms in total. The van der Waals surface area contributed by atoms with E-state index in [1.165, 1.54) is 13.8 Å². The van der Waals surface area contributed by atoms with Crippen molar-refractivity contribution in [3.8, 4) is 0 Å². The largest absolute Gasteiger partial charge is 0.385 e. The molecule has 0 saturated carbocycles. The lowest BCUT2D eigenvalue weighted by molar-refractivity contribution is 0.203. The van der Waals surface area contributed by atoms with E-state index in [1.807, 2.05) is 0 Å². The second-order valence-electron chi connectivity index (χ2n) is 5.61. The standard InChI is InChI=1S/C12H26N6O2.ClH/c1-7(19)15-9(13)11(3,4)17-18-12(5,6)10(14)16-8(2)20;/h7-8,19-20H,1-6H3,(H2,13,15)(H2,14,16);1H. The van der Waals surface area contributed by atoms with Crippen LogP contribution >= 0.6 is 12.4 Å². The van der Waals surface area contributed by atoms with Gasteiger partial charge in [-0.15, -0.1) is 12.4 Å². The molecule has 0 aliphatic rings. The maximum atomic E-state index is 9.19. The van der Waals surface area contributed by atoms with E-state index < -0.39 is 23.5 Å². The summed E-state index contributed by atoms with van der Waals surface area (Å²) in [7, 11) is 0. The van der Waals surface area contributed by atoms with Crippen LogP contribution in [0.2, 0.25) is 0 Å². The average Bonchev–Trinajstić information content (AvgIpc) is 2.24. The van der Waals surface area contributed by atoms with Crippen molar-refractivity contribution in [2.24, 2.45) is 31.7 Å². The number of amidine groups is 2. The van der Waals surface area contributed by atoms with Crippen LogP contribution in [0.15, 0.2) is 20.2 Å². The monoisotopic (exact) mass is 322 g/mol. The number of aliphatic imine (C=N–C) groups is 2. The molecule has 0 spiro atoms. The Hall–Kier alpha value is -1.25. The second-order valence-corrected chi connectivity index (χ2v) is 5.61. The predicted octanol–water partition coefficient (Wildman–Crippen LogP) is 0.809. The molecule has 0 radical (unpaired) electrons. The van der Waals surface area contributed by atoms with Crippen molar-refractivity contribution < 1.29 is 10.2 Å². The fraction of sp³-hybridized carbons (Fsp3) is 0.833. The van der Waals surface area contributed by atoms with E-state index >= 15 is 0 Å². The van der Waals surface area contributed by atoms with Crippen molar-refractivity contribution in [3.63, 3.8) is 0 Å². The van der Waals surface area contributed by atoms with Gasteiger partial charge in [0.1, 0.15) is 35.2 Å². The summed E-state index contributed by atoms with van der Waals surface area (Å²) in [6.45, 7) is 9.87. The van der Waals surface area contributed by atoms with Gasteiger partial charge in [-0.05, 0) is 41.5 Å². The van der Waals surface area contributed by atoms with Gasteiger partial charge in [-0.3, -0.25) is 0 Å². The van der Waals surface area contributed by atoms with Crippen LogP contribution in [0.1, 0.15) is 41.5 Å². The molecule has 0 aromatic carbocycles. The number of aliphatic hydroxyl groups excluding tert-OH is 2. The normalized spacial score (nSPS) is 17.5. The first-order valence-corrected chi connectivity index (χ1v) is 6.36. The van der Waals surface area contributed by atoms with Crippen molar-refractivity contribution in [1.29, 1.82) is 0 Å². The molecule has 0 amide bonds. The van der Waals surface area contributed by atoms with Crippen LogP contribution in [0.5, 0.6) is 0 Å². The number of aliphatic hydroxyl groups is 2. The molecule has 0 aromatic rings. The third-order valence-electron chi connectivity index (χ3n) is 2.46. The van der Waals surface area contributed by atoms with Crippen molar-refractivity contribution >= 4 is 24.1 Å². The Morgan fingerprint density at radius 3 is 1.24 bits per heavy atom. The molecule has 0 fully saturated rings. The summed E-state index contributed by atoms with van der Waals surface area (Å²) in [5, 5.41) is 26.6. The molecule has 9 heteroatoms. The summed E-state index contributed by atoms with van der Waals surface area (Å²) >= 11 is 0. The topological polar surface area (TPSA) is 142 Å². The van der Waals surface area contributed by atoms with Crippen LogP contribution in [-0.4, -0.2) is 45.4 Å². The summed E-state index contributed by atoms with van der Waals surface area (Å²) in [5.41, 5.74) is 9.80. The lowest BCUT2D eigenvalue weighted by atomic mass is 10.0. The van der Waals surface area contributed by atoms with Crippen molar-refractivity contribution in [2.75, 3.05) is 0 Å². The third-order valence-corrected chi connectivity index (χ3v) is 2.46. The number of hydrogen-bond donors (Lipinski definition) is 4. The zero-order chi connectivity index (χ0) is 16.1. The molecule has 2 unspecified atom stereocenters. The zero-order valence-corrected chi connectivity index (χ0v) is 14.2. The van der Waals surface area contributed by atoms with Gasteiger partial charge in [0.15, 0.2) is 0 Å². The third kappa shape index (κ3) is 7.93. The van der Waals surface area contributed by atoms with Gasteiger partial charge in [0.2, 0.25) is 0 Å². The van der Waals surface area contributed by atoms with E-state index in [-0.39, 0.29) is 24.1 Å². The Kier molecular flexibility index (Phi) is 8.66. The summed E-state index contributed by atoms with van der Waals surface area (Å²) < 4.78 is 0. The second kappa shape index (κ2) is 8.26. The molecule has 0 aromatic heterocycles. The number of nitrogens with zero attached hydrogens (tertiary/aromatic N) is 4. The molecule has 0 saturated heterocycles. The highest BCUT2D eigenvalue weighted by atomic mass is 35.5. The highest BCUT2D eigenvalue weighted by Crippen LogP contribution is 2.17. The van der Waals surface area contributed by atoms with Gasteiger partial charge in [-0.1, -0.05) is 0 Å². The summed E-state index contributed by atoms with van der Waals surface area (Å²) in [6.07, 6.45) is -1.81. The van der Waals surface area contributed by atoms with E-state index in [4.69, 9.17) is 11.5 Å². The van der Waals surface area contributed by atoms with Gasteiger partial charge in [0, 0.05) is 0 Å². The lowest BCUT2D eigenvalue weighted by Gasteiger charge is -2.23. The van der Waals surface area contributed by atoms with Crippen molar-refractivity contribution in [2.45, 2.75) is 65.1 Å². The van der Waals surface area contributed by atoms with Crippen LogP contribution in [0.3, 0.4) is 0 Å². The fourth-order valence-corrected chi connectivity index (χ4v) is 1.07. The molecular weight excluding hydrogens is 296 g/mol. The molecule has 21 heavy (non-hydrogen) atoms. The Labute approximate surface area is 131 Å². The Balaban J connectivity index is 0. The molecule has 0 bridgehead atoms. The van der Waals surface area contributed by atoms with E-state index in [0.717, 1.165) is 0 Å². The van der Waals surface area contributed by atoms with Crippen LogP contribution in [-0.2, 0) is 0 Å². The first-order valence-electron chi connectivity index (χ1n) is 6.36. The molecule has 0 aliphatic carbocycles. The molecule has 6 N–H and O–H groups in total. The van der Waals surface area contributed by atoms with Crippen LogP contribution in [0, 0.1) is 0 Å². The fourth-order valence-electron chi connectivity index (χ4n) is 1.07. The zero-order valence-electron chi connectivity index (χ0n) is 13.4. The summed E-state index contributed by atoms with van der Waals surface area (Å²) in [4.78, 5) is 7.68. The molecular formula is C12H27ClN6O2. The number of nitrogens with two attached hydrogens (primary N) is 2. The van der Waals surface area contributed by atoms with E-state index in [1.54, 1.807) is 27.7 Å². The number of hydrogen-bond acceptors (Lipinski definition) is 6.